The highest BCUT2D eigenvalue weighted by atomic mass is 35.5. The Hall–Kier alpha value is -3.69. The fraction of sp³-hybridized carbons (Fsp3) is 0.182. The second-order valence-corrected chi connectivity index (χ2v) is 7.45. The van der Waals surface area contributed by atoms with Gasteiger partial charge < -0.3 is 14.7 Å². The molecule has 2 heterocycles. The number of amides is 1. The average molecular weight is 455 g/mol. The van der Waals surface area contributed by atoms with Crippen LogP contribution in [0.2, 0.25) is 5.02 Å². The van der Waals surface area contributed by atoms with E-state index in [0.29, 0.717) is 48.3 Å². The molecule has 1 fully saturated rings. The van der Waals surface area contributed by atoms with Crippen molar-refractivity contribution in [2.24, 2.45) is 4.99 Å². The smallest absolute Gasteiger partial charge is 0.335 e. The normalized spacial score (nSPS) is 14.1. The Morgan fingerprint density at radius 2 is 1.72 bits per heavy atom. The molecular weight excluding hydrogens is 436 g/mol. The quantitative estimate of drug-likeness (QED) is 0.585. The minimum absolute atomic E-state index is 0.0899. The number of ether oxygens (including phenoxy) is 1. The zero-order valence-electron chi connectivity index (χ0n) is 16.8. The molecule has 0 spiro atoms. The number of rotatable bonds is 4. The van der Waals surface area contributed by atoms with Gasteiger partial charge in [0.1, 0.15) is 5.56 Å². The summed E-state index contributed by atoms with van der Waals surface area (Å²) in [6.07, 6.45) is 1.17. The first-order valence-corrected chi connectivity index (χ1v) is 10.2. The van der Waals surface area contributed by atoms with Gasteiger partial charge in [-0.1, -0.05) is 11.6 Å². The predicted octanol–water partition coefficient (Wildman–Crippen LogP) is 2.11. The molecule has 164 valence electrons. The van der Waals surface area contributed by atoms with Crippen LogP contribution in [0.1, 0.15) is 15.9 Å². The molecule has 0 bridgehead atoms. The van der Waals surface area contributed by atoms with Gasteiger partial charge in [-0.05, 0) is 48.5 Å². The molecule has 1 saturated heterocycles. The van der Waals surface area contributed by atoms with E-state index in [1.54, 1.807) is 41.3 Å². The van der Waals surface area contributed by atoms with Crippen molar-refractivity contribution in [1.29, 1.82) is 0 Å². The van der Waals surface area contributed by atoms with Crippen molar-refractivity contribution in [3.63, 3.8) is 0 Å². The summed E-state index contributed by atoms with van der Waals surface area (Å²) in [7, 11) is 0. The van der Waals surface area contributed by atoms with Gasteiger partial charge in [0.15, 0.2) is 0 Å². The molecule has 0 radical (unpaired) electrons. The van der Waals surface area contributed by atoms with E-state index in [4.69, 9.17) is 16.3 Å². The zero-order valence-corrected chi connectivity index (χ0v) is 17.6. The third-order valence-electron chi connectivity index (χ3n) is 4.96. The van der Waals surface area contributed by atoms with Crippen molar-refractivity contribution in [1.82, 2.24) is 14.5 Å². The lowest BCUT2D eigenvalue weighted by Gasteiger charge is -2.26. The lowest BCUT2D eigenvalue weighted by atomic mass is 10.1. The first-order valence-electron chi connectivity index (χ1n) is 9.79. The molecule has 0 saturated carbocycles. The van der Waals surface area contributed by atoms with Crippen molar-refractivity contribution in [3.8, 4) is 11.6 Å². The maximum atomic E-state index is 12.5. The SMILES string of the molecule is O=C(c1ccc(N=Cc2c(O)n(-c3ccc(Cl)cc3)c(=O)[nH]c2=O)cc1)N1CCOCC1. The number of carbonyl (C=O) groups is 1. The molecule has 3 aromatic rings. The van der Waals surface area contributed by atoms with Crippen LogP contribution < -0.4 is 11.2 Å². The topological polar surface area (TPSA) is 117 Å². The van der Waals surface area contributed by atoms with Gasteiger partial charge in [-0.2, -0.15) is 0 Å². The number of H-pyrrole nitrogens is 1. The van der Waals surface area contributed by atoms with Gasteiger partial charge in [0.25, 0.3) is 11.5 Å². The number of halogens is 1. The molecule has 1 aliphatic rings. The highest BCUT2D eigenvalue weighted by Crippen LogP contribution is 2.19. The first-order chi connectivity index (χ1) is 15.4. The molecule has 1 aliphatic heterocycles. The number of benzene rings is 2. The molecule has 10 heteroatoms. The van der Waals surface area contributed by atoms with Crippen molar-refractivity contribution < 1.29 is 14.6 Å². The van der Waals surface area contributed by atoms with E-state index < -0.39 is 17.1 Å². The predicted molar refractivity (Wildman–Crippen MR) is 120 cm³/mol. The highest BCUT2D eigenvalue weighted by molar-refractivity contribution is 6.30. The Morgan fingerprint density at radius 1 is 1.06 bits per heavy atom. The van der Waals surface area contributed by atoms with Crippen LogP contribution in [0.15, 0.2) is 63.1 Å². The van der Waals surface area contributed by atoms with Crippen molar-refractivity contribution in [3.05, 3.63) is 85.5 Å². The van der Waals surface area contributed by atoms with Gasteiger partial charge >= 0.3 is 5.69 Å². The van der Waals surface area contributed by atoms with E-state index in [1.165, 1.54) is 18.3 Å². The molecule has 0 aliphatic carbocycles. The summed E-state index contributed by atoms with van der Waals surface area (Å²) in [5.41, 5.74) is -0.449. The Balaban J connectivity index is 1.60. The number of hydrogen-bond acceptors (Lipinski definition) is 6. The maximum Gasteiger partial charge on any atom is 0.335 e. The third-order valence-corrected chi connectivity index (χ3v) is 5.21. The summed E-state index contributed by atoms with van der Waals surface area (Å²) >= 11 is 5.87. The van der Waals surface area contributed by atoms with E-state index in [0.717, 1.165) is 4.57 Å². The number of carbonyl (C=O) groups excluding carboxylic acids is 1. The first kappa shape index (κ1) is 21.5. The van der Waals surface area contributed by atoms with Gasteiger partial charge in [-0.3, -0.25) is 19.6 Å². The van der Waals surface area contributed by atoms with Crippen LogP contribution in [-0.4, -0.2) is 58.0 Å². The molecule has 9 nitrogen and oxygen atoms in total. The standard InChI is InChI=1S/C22H19ClN4O5/c23-15-3-7-17(8-4-15)27-21(30)18(19(28)25-22(27)31)13-24-16-5-1-14(2-6-16)20(29)26-9-11-32-12-10-26/h1-8,13,30H,9-12H2,(H,25,28,31). The van der Waals surface area contributed by atoms with Crippen LogP contribution in [0.5, 0.6) is 5.88 Å². The van der Waals surface area contributed by atoms with E-state index in [1.807, 2.05) is 0 Å². The van der Waals surface area contributed by atoms with E-state index in [2.05, 4.69) is 9.98 Å². The van der Waals surface area contributed by atoms with Crippen molar-refractivity contribution in [2.75, 3.05) is 26.3 Å². The average Bonchev–Trinajstić information content (AvgIpc) is 2.80. The third kappa shape index (κ3) is 4.48. The number of hydrogen-bond donors (Lipinski definition) is 2. The number of aromatic amines is 1. The molecule has 2 aromatic carbocycles. The van der Waals surface area contributed by atoms with Gasteiger partial charge in [0.05, 0.1) is 24.6 Å². The summed E-state index contributed by atoms with van der Waals surface area (Å²) in [6.45, 7) is 2.13. The van der Waals surface area contributed by atoms with Crippen LogP contribution in [0.3, 0.4) is 0 Å². The number of aromatic nitrogens is 2. The number of aromatic hydroxyl groups is 1. The fourth-order valence-electron chi connectivity index (χ4n) is 3.26. The summed E-state index contributed by atoms with van der Waals surface area (Å²) in [6, 6.07) is 12.7. The van der Waals surface area contributed by atoms with Crippen molar-refractivity contribution in [2.45, 2.75) is 0 Å². The number of aliphatic imine (C=N–C) groups is 1. The van der Waals surface area contributed by atoms with E-state index in [9.17, 15) is 19.5 Å². The summed E-state index contributed by atoms with van der Waals surface area (Å²) in [4.78, 5) is 45.1. The molecule has 0 unspecified atom stereocenters. The lowest BCUT2D eigenvalue weighted by Crippen LogP contribution is -2.40. The monoisotopic (exact) mass is 454 g/mol. The van der Waals surface area contributed by atoms with Crippen LogP contribution in [-0.2, 0) is 4.74 Å². The van der Waals surface area contributed by atoms with Gasteiger partial charge in [0.2, 0.25) is 5.88 Å². The van der Waals surface area contributed by atoms with E-state index >= 15 is 0 Å². The molecular formula is C22H19ClN4O5. The molecule has 32 heavy (non-hydrogen) atoms. The summed E-state index contributed by atoms with van der Waals surface area (Å²) in [5.74, 6) is -0.642. The van der Waals surface area contributed by atoms with E-state index in [-0.39, 0.29) is 11.5 Å². The van der Waals surface area contributed by atoms with Gasteiger partial charge in [-0.15, -0.1) is 0 Å². The van der Waals surface area contributed by atoms with Crippen LogP contribution in [0.25, 0.3) is 5.69 Å². The Bertz CT molecular complexity index is 1270. The minimum Gasteiger partial charge on any atom is -0.493 e. The fourth-order valence-corrected chi connectivity index (χ4v) is 3.39. The molecule has 1 aromatic heterocycles. The second-order valence-electron chi connectivity index (χ2n) is 7.02. The molecule has 4 rings (SSSR count). The number of nitrogens with zero attached hydrogens (tertiary/aromatic N) is 3. The lowest BCUT2D eigenvalue weighted by molar-refractivity contribution is 0.0303. The van der Waals surface area contributed by atoms with Crippen LogP contribution in [0.4, 0.5) is 5.69 Å². The van der Waals surface area contributed by atoms with Crippen LogP contribution >= 0.6 is 11.6 Å². The van der Waals surface area contributed by atoms with Gasteiger partial charge in [0, 0.05) is 29.9 Å². The summed E-state index contributed by atoms with van der Waals surface area (Å²) < 4.78 is 6.21. The largest absolute Gasteiger partial charge is 0.493 e. The highest BCUT2D eigenvalue weighted by Gasteiger charge is 2.18. The minimum atomic E-state index is -0.794. The Morgan fingerprint density at radius 3 is 2.38 bits per heavy atom. The van der Waals surface area contributed by atoms with Crippen molar-refractivity contribution >= 4 is 29.4 Å². The van der Waals surface area contributed by atoms with Gasteiger partial charge in [-0.25, -0.2) is 9.36 Å². The zero-order chi connectivity index (χ0) is 22.7. The molecule has 1 amide bonds. The summed E-state index contributed by atoms with van der Waals surface area (Å²) in [5, 5.41) is 11.0. The molecule has 2 N–H and O–H groups in total. The second kappa shape index (κ2) is 9.21. The number of nitrogens with one attached hydrogen (secondary N) is 1. The van der Waals surface area contributed by atoms with Crippen LogP contribution in [0, 0.1) is 0 Å². The number of morpholine rings is 1. The molecule has 0 atom stereocenters. The Kier molecular flexibility index (Phi) is 6.20. The maximum absolute atomic E-state index is 12.5. The Labute approximate surface area is 187 Å².